The Labute approximate surface area is 114 Å². The largest absolute Gasteiger partial charge is 0.491 e. The van der Waals surface area contributed by atoms with Gasteiger partial charge in [0.25, 0.3) is 0 Å². The van der Waals surface area contributed by atoms with Crippen molar-refractivity contribution in [1.82, 2.24) is 0 Å². The molecule has 0 bridgehead atoms. The van der Waals surface area contributed by atoms with Gasteiger partial charge in [-0.3, -0.25) is 0 Å². The van der Waals surface area contributed by atoms with Gasteiger partial charge in [0.05, 0.1) is 11.7 Å². The summed E-state index contributed by atoms with van der Waals surface area (Å²) in [7, 11) is 0. The van der Waals surface area contributed by atoms with Gasteiger partial charge in [-0.15, -0.1) is 0 Å². The fraction of sp³-hybridized carbons (Fsp3) is 0.625. The zero-order valence-electron chi connectivity index (χ0n) is 11.3. The summed E-state index contributed by atoms with van der Waals surface area (Å²) in [6.45, 7) is 0.363. The van der Waals surface area contributed by atoms with Gasteiger partial charge in [-0.25, -0.2) is 0 Å². The molecule has 3 nitrogen and oxygen atoms in total. The molecule has 0 heterocycles. The van der Waals surface area contributed by atoms with Crippen molar-refractivity contribution in [2.45, 2.75) is 56.7 Å². The second kappa shape index (κ2) is 5.14. The van der Waals surface area contributed by atoms with Crippen LogP contribution in [0, 0.1) is 0 Å². The summed E-state index contributed by atoms with van der Waals surface area (Å²) in [5.74, 6) is 0.764. The number of benzene rings is 1. The third-order valence-corrected chi connectivity index (χ3v) is 4.44. The lowest BCUT2D eigenvalue weighted by Gasteiger charge is -2.24. The van der Waals surface area contributed by atoms with Crippen molar-refractivity contribution in [3.8, 4) is 5.75 Å². The van der Waals surface area contributed by atoms with Gasteiger partial charge in [0.1, 0.15) is 12.4 Å². The minimum atomic E-state index is -0.644. The number of aryl methyl sites for hydroxylation is 1. The lowest BCUT2D eigenvalue weighted by molar-refractivity contribution is 0.00131. The van der Waals surface area contributed by atoms with Crippen LogP contribution in [-0.4, -0.2) is 22.4 Å². The van der Waals surface area contributed by atoms with E-state index in [9.17, 15) is 10.2 Å². The Morgan fingerprint density at radius 2 is 2.00 bits per heavy atom. The zero-order chi connectivity index (χ0) is 13.3. The highest BCUT2D eigenvalue weighted by atomic mass is 16.5. The van der Waals surface area contributed by atoms with Gasteiger partial charge in [0.15, 0.2) is 0 Å². The quantitative estimate of drug-likeness (QED) is 0.880. The minimum Gasteiger partial charge on any atom is -0.491 e. The van der Waals surface area contributed by atoms with Crippen molar-refractivity contribution in [3.63, 3.8) is 0 Å². The van der Waals surface area contributed by atoms with Crippen LogP contribution in [0.5, 0.6) is 5.75 Å². The molecular weight excluding hydrogens is 240 g/mol. The van der Waals surface area contributed by atoms with Crippen molar-refractivity contribution in [2.75, 3.05) is 6.61 Å². The number of fused-ring (bicyclic) bond motifs is 1. The first kappa shape index (κ1) is 12.9. The summed E-state index contributed by atoms with van der Waals surface area (Å²) in [4.78, 5) is 0. The lowest BCUT2D eigenvalue weighted by atomic mass is 9.89. The molecule has 3 heteroatoms. The van der Waals surface area contributed by atoms with Gasteiger partial charge >= 0.3 is 0 Å². The standard InChI is InChI=1S/C16H22O3/c17-15-5-3-4-12-6-7-13(10-14(12)15)19-11-16(18)8-1-2-9-16/h6-7,10,15,17-18H,1-5,8-9,11H2. The molecule has 104 valence electrons. The summed E-state index contributed by atoms with van der Waals surface area (Å²) in [5.41, 5.74) is 1.59. The lowest BCUT2D eigenvalue weighted by Crippen LogP contribution is -2.32. The van der Waals surface area contributed by atoms with Crippen molar-refractivity contribution in [1.29, 1.82) is 0 Å². The van der Waals surface area contributed by atoms with Gasteiger partial charge in [0, 0.05) is 0 Å². The minimum absolute atomic E-state index is 0.359. The Morgan fingerprint density at radius 1 is 1.21 bits per heavy atom. The first-order valence-corrected chi connectivity index (χ1v) is 7.32. The molecule has 19 heavy (non-hydrogen) atoms. The molecule has 0 aromatic heterocycles. The molecule has 2 aliphatic rings. The van der Waals surface area contributed by atoms with Crippen LogP contribution in [0.3, 0.4) is 0 Å². The number of hydrogen-bond donors (Lipinski definition) is 2. The van der Waals surface area contributed by atoms with Crippen LogP contribution in [0.25, 0.3) is 0 Å². The molecule has 1 fully saturated rings. The Kier molecular flexibility index (Phi) is 3.50. The molecule has 0 spiro atoms. The van der Waals surface area contributed by atoms with E-state index in [0.29, 0.717) is 6.61 Å². The first-order chi connectivity index (χ1) is 9.16. The second-order valence-electron chi connectivity index (χ2n) is 5.99. The number of aliphatic hydroxyl groups excluding tert-OH is 1. The Hall–Kier alpha value is -1.06. The predicted octanol–water partition coefficient (Wildman–Crippen LogP) is 2.74. The molecule has 0 aliphatic heterocycles. The molecule has 0 amide bonds. The van der Waals surface area contributed by atoms with Crippen molar-refractivity contribution in [2.24, 2.45) is 0 Å². The average Bonchev–Trinajstić information content (AvgIpc) is 2.85. The molecular formula is C16H22O3. The second-order valence-corrected chi connectivity index (χ2v) is 5.99. The maximum atomic E-state index is 10.3. The van der Waals surface area contributed by atoms with E-state index >= 15 is 0 Å². The predicted molar refractivity (Wildman–Crippen MR) is 73.3 cm³/mol. The van der Waals surface area contributed by atoms with E-state index in [1.165, 1.54) is 5.56 Å². The summed E-state index contributed by atoms with van der Waals surface area (Å²) in [5, 5.41) is 20.3. The summed E-state index contributed by atoms with van der Waals surface area (Å²) in [6.07, 6.45) is 6.40. The van der Waals surface area contributed by atoms with Crippen LogP contribution in [0.4, 0.5) is 0 Å². The Bertz CT molecular complexity index is 449. The van der Waals surface area contributed by atoms with E-state index in [2.05, 4.69) is 0 Å². The zero-order valence-corrected chi connectivity index (χ0v) is 11.3. The summed E-state index contributed by atoms with van der Waals surface area (Å²) < 4.78 is 5.75. The smallest absolute Gasteiger partial charge is 0.119 e. The SMILES string of the molecule is OC1CCCc2ccc(OCC3(O)CCCC3)cc21. The molecule has 2 aliphatic carbocycles. The van der Waals surface area contributed by atoms with Crippen LogP contribution in [0.1, 0.15) is 55.8 Å². The van der Waals surface area contributed by atoms with Gasteiger partial charge in [-0.1, -0.05) is 18.9 Å². The highest BCUT2D eigenvalue weighted by molar-refractivity contribution is 5.38. The molecule has 0 saturated heterocycles. The number of aliphatic hydroxyl groups is 2. The maximum absolute atomic E-state index is 10.3. The third-order valence-electron chi connectivity index (χ3n) is 4.44. The summed E-state index contributed by atoms with van der Waals surface area (Å²) in [6, 6.07) is 5.94. The van der Waals surface area contributed by atoms with E-state index in [0.717, 1.165) is 56.3 Å². The number of rotatable bonds is 3. The van der Waals surface area contributed by atoms with Crippen LogP contribution >= 0.6 is 0 Å². The molecule has 1 saturated carbocycles. The average molecular weight is 262 g/mol. The van der Waals surface area contributed by atoms with Crippen molar-refractivity contribution in [3.05, 3.63) is 29.3 Å². The summed E-state index contributed by atoms with van der Waals surface area (Å²) >= 11 is 0. The molecule has 1 unspecified atom stereocenters. The van der Waals surface area contributed by atoms with Gasteiger partial charge in [0.2, 0.25) is 0 Å². The first-order valence-electron chi connectivity index (χ1n) is 7.32. The molecule has 2 N–H and O–H groups in total. The highest BCUT2D eigenvalue weighted by Crippen LogP contribution is 2.34. The highest BCUT2D eigenvalue weighted by Gasteiger charge is 2.32. The van der Waals surface area contributed by atoms with Crippen LogP contribution in [0.2, 0.25) is 0 Å². The third kappa shape index (κ3) is 2.77. The maximum Gasteiger partial charge on any atom is 0.119 e. The fourth-order valence-electron chi connectivity index (χ4n) is 3.24. The van der Waals surface area contributed by atoms with Crippen molar-refractivity contribution >= 4 is 0 Å². The van der Waals surface area contributed by atoms with Crippen LogP contribution in [-0.2, 0) is 6.42 Å². The van der Waals surface area contributed by atoms with Crippen molar-refractivity contribution < 1.29 is 14.9 Å². The van der Waals surface area contributed by atoms with E-state index in [4.69, 9.17) is 4.74 Å². The van der Waals surface area contributed by atoms with E-state index in [-0.39, 0.29) is 6.10 Å². The molecule has 3 rings (SSSR count). The number of hydrogen-bond acceptors (Lipinski definition) is 3. The van der Waals surface area contributed by atoms with Gasteiger partial charge in [-0.05, 0) is 55.4 Å². The number of ether oxygens (including phenoxy) is 1. The van der Waals surface area contributed by atoms with E-state index in [1.807, 2.05) is 18.2 Å². The van der Waals surface area contributed by atoms with E-state index < -0.39 is 5.60 Å². The Balaban J connectivity index is 1.70. The normalized spacial score (nSPS) is 25.1. The fourth-order valence-corrected chi connectivity index (χ4v) is 3.24. The molecule has 1 atom stereocenters. The topological polar surface area (TPSA) is 49.7 Å². The molecule has 0 radical (unpaired) electrons. The monoisotopic (exact) mass is 262 g/mol. The Morgan fingerprint density at radius 3 is 2.79 bits per heavy atom. The van der Waals surface area contributed by atoms with Gasteiger partial charge in [-0.2, -0.15) is 0 Å². The molecule has 1 aromatic rings. The van der Waals surface area contributed by atoms with Crippen LogP contribution < -0.4 is 4.74 Å². The van der Waals surface area contributed by atoms with Gasteiger partial charge < -0.3 is 14.9 Å². The van der Waals surface area contributed by atoms with Crippen LogP contribution in [0.15, 0.2) is 18.2 Å². The van der Waals surface area contributed by atoms with E-state index in [1.54, 1.807) is 0 Å². The molecule has 1 aromatic carbocycles.